The van der Waals surface area contributed by atoms with E-state index in [1.54, 1.807) is 25.3 Å². The summed E-state index contributed by atoms with van der Waals surface area (Å²) in [6.07, 6.45) is 4.21. The van der Waals surface area contributed by atoms with Crippen LogP contribution >= 0.6 is 0 Å². The van der Waals surface area contributed by atoms with Gasteiger partial charge in [-0.15, -0.1) is 0 Å². The van der Waals surface area contributed by atoms with E-state index in [1.807, 2.05) is 4.90 Å². The van der Waals surface area contributed by atoms with Gasteiger partial charge in [-0.25, -0.2) is 4.79 Å². The van der Waals surface area contributed by atoms with Gasteiger partial charge in [0, 0.05) is 24.9 Å². The molecule has 0 N–H and O–H groups in total. The van der Waals surface area contributed by atoms with Crippen molar-refractivity contribution in [2.75, 3.05) is 14.2 Å². The quantitative estimate of drug-likeness (QED) is 0.613. The molecule has 1 aromatic rings. The number of amides is 1. The molecule has 1 aromatic carbocycles. The van der Waals surface area contributed by atoms with Crippen molar-refractivity contribution in [1.82, 2.24) is 4.90 Å². The highest BCUT2D eigenvalue weighted by Gasteiger charge is 2.41. The smallest absolute Gasteiger partial charge is 0.338 e. The fourth-order valence-corrected chi connectivity index (χ4v) is 3.61. The lowest BCUT2D eigenvalue weighted by Crippen LogP contribution is -2.45. The first-order valence-corrected chi connectivity index (χ1v) is 7.82. The minimum atomic E-state index is -0.366. The molecule has 3 rings (SSSR count). The van der Waals surface area contributed by atoms with E-state index in [4.69, 9.17) is 14.2 Å². The van der Waals surface area contributed by atoms with E-state index in [0.717, 1.165) is 19.3 Å². The zero-order valence-electron chi connectivity index (χ0n) is 13.4. The first-order valence-electron chi connectivity index (χ1n) is 7.82. The van der Waals surface area contributed by atoms with Crippen molar-refractivity contribution in [3.05, 3.63) is 23.8 Å². The van der Waals surface area contributed by atoms with Crippen LogP contribution in [0, 0.1) is 0 Å². The first kappa shape index (κ1) is 15.6. The van der Waals surface area contributed by atoms with E-state index in [9.17, 15) is 9.59 Å². The number of carbonyl (C=O) groups excluding carboxylic acids is 2. The molecule has 2 aliphatic heterocycles. The molecule has 23 heavy (non-hydrogen) atoms. The van der Waals surface area contributed by atoms with E-state index < -0.39 is 0 Å². The number of benzene rings is 1. The number of esters is 1. The highest BCUT2D eigenvalue weighted by atomic mass is 16.5. The van der Waals surface area contributed by atoms with Crippen molar-refractivity contribution in [1.29, 1.82) is 0 Å². The van der Waals surface area contributed by atoms with Gasteiger partial charge < -0.3 is 19.1 Å². The third-order valence-corrected chi connectivity index (χ3v) is 4.76. The number of nitrogens with zero attached hydrogens (tertiary/aromatic N) is 1. The molecular formula is C17H21NO5. The summed E-state index contributed by atoms with van der Waals surface area (Å²) >= 11 is 0. The maximum Gasteiger partial charge on any atom is 0.338 e. The number of carbonyl (C=O) groups is 2. The van der Waals surface area contributed by atoms with E-state index in [2.05, 4.69) is 0 Å². The van der Waals surface area contributed by atoms with Gasteiger partial charge in [-0.1, -0.05) is 0 Å². The molecule has 0 unspecified atom stereocenters. The number of methoxy groups -OCH3 is 2. The topological polar surface area (TPSA) is 65.1 Å². The normalized spacial score (nSPS) is 25.8. The number of fused-ring (bicyclic) bond motifs is 2. The van der Waals surface area contributed by atoms with Crippen molar-refractivity contribution in [2.24, 2.45) is 0 Å². The maximum absolute atomic E-state index is 12.4. The summed E-state index contributed by atoms with van der Waals surface area (Å²) in [5, 5.41) is 0. The van der Waals surface area contributed by atoms with Gasteiger partial charge in [0.2, 0.25) is 6.41 Å². The van der Waals surface area contributed by atoms with Gasteiger partial charge in [-0.05, 0) is 31.0 Å². The SMILES string of the molecule is COc1ccc(C(=O)OC2C[C@@H]3CC[C@@H](C2)N3C=O)cc1OC. The molecule has 2 heterocycles. The van der Waals surface area contributed by atoms with Crippen LogP contribution in [0.1, 0.15) is 36.0 Å². The Bertz CT molecular complexity index is 589. The molecule has 0 radical (unpaired) electrons. The van der Waals surface area contributed by atoms with Gasteiger partial charge in [0.1, 0.15) is 6.10 Å². The minimum absolute atomic E-state index is 0.135. The van der Waals surface area contributed by atoms with Crippen LogP contribution in [0.25, 0.3) is 0 Å². The molecule has 0 saturated carbocycles. The Balaban J connectivity index is 1.67. The standard InChI is InChI=1S/C17H21NO5/c1-21-15-6-3-11(7-16(15)22-2)17(20)23-14-8-12-4-5-13(9-14)18(12)10-19/h3,6-7,10,12-14H,4-5,8-9H2,1-2H3/t12-,13-/m0/s1. The zero-order chi connectivity index (χ0) is 16.4. The van der Waals surface area contributed by atoms with Gasteiger partial charge in [-0.2, -0.15) is 0 Å². The summed E-state index contributed by atoms with van der Waals surface area (Å²) in [6, 6.07) is 5.38. The number of ether oxygens (including phenoxy) is 3. The lowest BCUT2D eigenvalue weighted by atomic mass is 10.0. The molecule has 6 nitrogen and oxygen atoms in total. The second-order valence-corrected chi connectivity index (χ2v) is 6.01. The van der Waals surface area contributed by atoms with Crippen molar-refractivity contribution >= 4 is 12.4 Å². The number of piperidine rings is 1. The van der Waals surface area contributed by atoms with Crippen LogP contribution in [0.3, 0.4) is 0 Å². The molecule has 0 aromatic heterocycles. The number of rotatable bonds is 5. The molecular weight excluding hydrogens is 298 g/mol. The van der Waals surface area contributed by atoms with Crippen LogP contribution < -0.4 is 9.47 Å². The second-order valence-electron chi connectivity index (χ2n) is 6.01. The van der Waals surface area contributed by atoms with Crippen molar-refractivity contribution in [3.8, 4) is 11.5 Å². The summed E-state index contributed by atoms with van der Waals surface area (Å²) < 4.78 is 16.0. The summed E-state index contributed by atoms with van der Waals surface area (Å²) in [4.78, 5) is 25.3. The van der Waals surface area contributed by atoms with Gasteiger partial charge in [-0.3, -0.25) is 4.79 Å². The monoisotopic (exact) mass is 319 g/mol. The Kier molecular flexibility index (Phi) is 4.41. The fourth-order valence-electron chi connectivity index (χ4n) is 3.61. The molecule has 124 valence electrons. The molecule has 2 aliphatic rings. The zero-order valence-corrected chi connectivity index (χ0v) is 13.4. The Morgan fingerprint density at radius 3 is 2.35 bits per heavy atom. The Morgan fingerprint density at radius 2 is 1.78 bits per heavy atom. The number of hydrogen-bond donors (Lipinski definition) is 0. The molecule has 1 amide bonds. The molecule has 2 bridgehead atoms. The van der Waals surface area contributed by atoms with E-state index >= 15 is 0 Å². The average Bonchev–Trinajstić information content (AvgIpc) is 2.83. The van der Waals surface area contributed by atoms with Crippen LogP contribution in [0.5, 0.6) is 11.5 Å². The van der Waals surface area contributed by atoms with Gasteiger partial charge in [0.25, 0.3) is 0 Å². The van der Waals surface area contributed by atoms with Gasteiger partial charge in [0.05, 0.1) is 19.8 Å². The van der Waals surface area contributed by atoms with E-state index in [0.29, 0.717) is 29.9 Å². The second kappa shape index (κ2) is 6.48. The average molecular weight is 319 g/mol. The molecule has 2 atom stereocenters. The predicted molar refractivity (Wildman–Crippen MR) is 82.7 cm³/mol. The lowest BCUT2D eigenvalue weighted by Gasteiger charge is -2.35. The van der Waals surface area contributed by atoms with Crippen molar-refractivity contribution in [3.63, 3.8) is 0 Å². The van der Waals surface area contributed by atoms with Crippen molar-refractivity contribution < 1.29 is 23.8 Å². The molecule has 2 saturated heterocycles. The highest BCUT2D eigenvalue weighted by molar-refractivity contribution is 5.90. The summed E-state index contributed by atoms with van der Waals surface area (Å²) in [6.45, 7) is 0. The molecule has 2 fully saturated rings. The number of hydrogen-bond acceptors (Lipinski definition) is 5. The third-order valence-electron chi connectivity index (χ3n) is 4.76. The van der Waals surface area contributed by atoms with E-state index in [-0.39, 0.29) is 24.2 Å². The first-order chi connectivity index (χ1) is 11.2. The maximum atomic E-state index is 12.4. The van der Waals surface area contributed by atoms with Crippen LogP contribution in [0.2, 0.25) is 0 Å². The molecule has 6 heteroatoms. The summed E-state index contributed by atoms with van der Waals surface area (Å²) in [5.74, 6) is 0.703. The summed E-state index contributed by atoms with van der Waals surface area (Å²) in [7, 11) is 3.08. The Morgan fingerprint density at radius 1 is 1.13 bits per heavy atom. The van der Waals surface area contributed by atoms with E-state index in [1.165, 1.54) is 7.11 Å². The van der Waals surface area contributed by atoms with Gasteiger partial charge >= 0.3 is 5.97 Å². The summed E-state index contributed by atoms with van der Waals surface area (Å²) in [5.41, 5.74) is 0.438. The Hall–Kier alpha value is -2.24. The fraction of sp³-hybridized carbons (Fsp3) is 0.529. The van der Waals surface area contributed by atoms with Crippen LogP contribution in [0.4, 0.5) is 0 Å². The molecule has 0 aliphatic carbocycles. The van der Waals surface area contributed by atoms with Crippen LogP contribution in [-0.4, -0.2) is 49.7 Å². The van der Waals surface area contributed by atoms with Crippen LogP contribution in [0.15, 0.2) is 18.2 Å². The molecule has 0 spiro atoms. The van der Waals surface area contributed by atoms with Crippen molar-refractivity contribution in [2.45, 2.75) is 43.9 Å². The van der Waals surface area contributed by atoms with Gasteiger partial charge in [0.15, 0.2) is 11.5 Å². The minimum Gasteiger partial charge on any atom is -0.493 e. The lowest BCUT2D eigenvalue weighted by molar-refractivity contribution is -0.123. The predicted octanol–water partition coefficient (Wildman–Crippen LogP) is 2.01. The largest absolute Gasteiger partial charge is 0.493 e. The van der Waals surface area contributed by atoms with Crippen LogP contribution in [-0.2, 0) is 9.53 Å². The Labute approximate surface area is 135 Å². The third kappa shape index (κ3) is 2.98. The highest BCUT2D eigenvalue weighted by Crippen LogP contribution is 2.36.